The average Bonchev–Trinajstić information content (AvgIpc) is 2.77. The summed E-state index contributed by atoms with van der Waals surface area (Å²) < 4.78 is 25.0. The van der Waals surface area contributed by atoms with E-state index in [1.807, 2.05) is 0 Å². The van der Waals surface area contributed by atoms with Gasteiger partial charge in [0, 0.05) is 20.1 Å². The van der Waals surface area contributed by atoms with E-state index in [4.69, 9.17) is 5.11 Å². The van der Waals surface area contributed by atoms with Crippen LogP contribution in [0.5, 0.6) is 0 Å². The quantitative estimate of drug-likeness (QED) is 0.704. The molecule has 1 atom stereocenters. The van der Waals surface area contributed by atoms with Gasteiger partial charge in [0.05, 0.1) is 11.9 Å². The van der Waals surface area contributed by atoms with E-state index in [2.05, 4.69) is 4.90 Å². The molecule has 0 saturated carbocycles. The summed E-state index contributed by atoms with van der Waals surface area (Å²) in [5, 5.41) is 8.17. The lowest BCUT2D eigenvalue weighted by molar-refractivity contribution is 0.284. The monoisotopic (exact) mass is 250 g/mol. The summed E-state index contributed by atoms with van der Waals surface area (Å²) in [5.41, 5.74) is 0. The van der Waals surface area contributed by atoms with Crippen molar-refractivity contribution in [1.29, 1.82) is 0 Å². The number of nitrogens with zero attached hydrogens (tertiary/aromatic N) is 2. The summed E-state index contributed by atoms with van der Waals surface area (Å²) in [6.07, 6.45) is 2.42. The van der Waals surface area contributed by atoms with Crippen LogP contribution >= 0.6 is 0 Å². The van der Waals surface area contributed by atoms with E-state index >= 15 is 0 Å². The van der Waals surface area contributed by atoms with E-state index in [9.17, 15) is 8.42 Å². The first-order chi connectivity index (χ1) is 7.48. The minimum Gasteiger partial charge on any atom is -0.395 e. The van der Waals surface area contributed by atoms with Crippen LogP contribution in [0.4, 0.5) is 0 Å². The molecule has 1 unspecified atom stereocenters. The minimum absolute atomic E-state index is 0.323. The normalized spacial score (nSPS) is 20.5. The van der Waals surface area contributed by atoms with Crippen molar-refractivity contribution < 1.29 is 13.5 Å². The third-order valence-corrected chi connectivity index (χ3v) is 5.35. The van der Waals surface area contributed by atoms with Crippen LogP contribution in [0.3, 0.4) is 0 Å². The molecular formula is C10H22N2O3S. The molecule has 0 aliphatic carbocycles. The summed E-state index contributed by atoms with van der Waals surface area (Å²) in [7, 11) is -1.74. The Morgan fingerprint density at radius 3 is 2.44 bits per heavy atom. The highest BCUT2D eigenvalue weighted by atomic mass is 32.2. The van der Waals surface area contributed by atoms with Gasteiger partial charge in [-0.25, -0.2) is 12.7 Å². The van der Waals surface area contributed by atoms with Crippen LogP contribution in [0.15, 0.2) is 0 Å². The third kappa shape index (κ3) is 3.41. The lowest BCUT2D eigenvalue weighted by Gasteiger charge is -2.23. The molecule has 1 fully saturated rings. The Bertz CT molecular complexity index is 299. The van der Waals surface area contributed by atoms with Gasteiger partial charge in [0.15, 0.2) is 0 Å². The first kappa shape index (κ1) is 13.9. The lowest BCUT2D eigenvalue weighted by Crippen LogP contribution is -2.40. The predicted molar refractivity (Wildman–Crippen MR) is 63.8 cm³/mol. The SMILES string of the molecule is CC(CO)S(=O)(=O)N(C)CCN1CCCC1. The third-order valence-electron chi connectivity index (χ3n) is 3.13. The van der Waals surface area contributed by atoms with E-state index in [1.54, 1.807) is 7.05 Å². The van der Waals surface area contributed by atoms with Crippen LogP contribution < -0.4 is 0 Å². The molecule has 1 aliphatic heterocycles. The van der Waals surface area contributed by atoms with Gasteiger partial charge < -0.3 is 10.0 Å². The maximum Gasteiger partial charge on any atom is 0.218 e. The second kappa shape index (κ2) is 5.95. The van der Waals surface area contributed by atoms with Gasteiger partial charge in [0.2, 0.25) is 10.0 Å². The van der Waals surface area contributed by atoms with E-state index in [0.717, 1.165) is 19.6 Å². The van der Waals surface area contributed by atoms with Gasteiger partial charge in [-0.2, -0.15) is 0 Å². The molecule has 0 bridgehead atoms. The van der Waals surface area contributed by atoms with Crippen LogP contribution in [0.1, 0.15) is 19.8 Å². The fraction of sp³-hybridized carbons (Fsp3) is 1.00. The number of hydrogen-bond acceptors (Lipinski definition) is 4. The van der Waals surface area contributed by atoms with E-state index < -0.39 is 15.3 Å². The van der Waals surface area contributed by atoms with Crippen LogP contribution in [0.25, 0.3) is 0 Å². The van der Waals surface area contributed by atoms with Crippen LogP contribution in [-0.4, -0.2) is 67.8 Å². The zero-order chi connectivity index (χ0) is 12.2. The first-order valence-corrected chi connectivity index (χ1v) is 7.27. The van der Waals surface area contributed by atoms with Gasteiger partial charge in [-0.15, -0.1) is 0 Å². The zero-order valence-corrected chi connectivity index (χ0v) is 10.9. The summed E-state index contributed by atoms with van der Waals surface area (Å²) in [4.78, 5) is 2.27. The highest BCUT2D eigenvalue weighted by Gasteiger charge is 2.25. The van der Waals surface area contributed by atoms with Gasteiger partial charge in [0.1, 0.15) is 0 Å². The highest BCUT2D eigenvalue weighted by molar-refractivity contribution is 7.89. The molecule has 0 spiro atoms. The molecule has 0 amide bonds. The van der Waals surface area contributed by atoms with Crippen molar-refractivity contribution in [3.8, 4) is 0 Å². The maximum absolute atomic E-state index is 11.8. The number of likely N-dealkylation sites (N-methyl/N-ethyl adjacent to an activating group) is 1. The van der Waals surface area contributed by atoms with Crippen molar-refractivity contribution in [2.24, 2.45) is 0 Å². The van der Waals surface area contributed by atoms with Gasteiger partial charge in [-0.1, -0.05) is 0 Å². The fourth-order valence-corrected chi connectivity index (χ4v) is 2.96. The number of aliphatic hydroxyl groups is 1. The number of rotatable bonds is 6. The Hall–Kier alpha value is -0.170. The average molecular weight is 250 g/mol. The Balaban J connectivity index is 2.41. The number of likely N-dealkylation sites (tertiary alicyclic amines) is 1. The number of aliphatic hydroxyl groups excluding tert-OH is 1. The molecule has 5 nitrogen and oxygen atoms in total. The van der Waals surface area contributed by atoms with Gasteiger partial charge >= 0.3 is 0 Å². The van der Waals surface area contributed by atoms with E-state index in [-0.39, 0.29) is 6.61 Å². The van der Waals surface area contributed by atoms with Gasteiger partial charge in [0.25, 0.3) is 0 Å². The Morgan fingerprint density at radius 1 is 1.38 bits per heavy atom. The molecule has 1 aliphatic rings. The maximum atomic E-state index is 11.8. The van der Waals surface area contributed by atoms with Crippen molar-refractivity contribution >= 4 is 10.0 Å². The summed E-state index contributed by atoms with van der Waals surface area (Å²) in [6, 6.07) is 0. The van der Waals surface area contributed by atoms with Crippen LogP contribution in [0, 0.1) is 0 Å². The molecule has 96 valence electrons. The van der Waals surface area contributed by atoms with Gasteiger partial charge in [-0.05, 0) is 32.9 Å². The summed E-state index contributed by atoms with van der Waals surface area (Å²) in [5.74, 6) is 0. The molecule has 1 N–H and O–H groups in total. The van der Waals surface area contributed by atoms with Crippen molar-refractivity contribution in [2.75, 3.05) is 39.8 Å². The first-order valence-electron chi connectivity index (χ1n) is 5.77. The number of hydrogen-bond donors (Lipinski definition) is 1. The van der Waals surface area contributed by atoms with Gasteiger partial charge in [-0.3, -0.25) is 0 Å². The van der Waals surface area contributed by atoms with Crippen LogP contribution in [-0.2, 0) is 10.0 Å². The predicted octanol–water partition coefficient (Wildman–Crippen LogP) is -0.275. The minimum atomic E-state index is -3.32. The van der Waals surface area contributed by atoms with E-state index in [1.165, 1.54) is 24.1 Å². The molecule has 0 aromatic carbocycles. The van der Waals surface area contributed by atoms with Crippen molar-refractivity contribution in [3.63, 3.8) is 0 Å². The zero-order valence-electron chi connectivity index (χ0n) is 10.1. The van der Waals surface area contributed by atoms with Crippen LogP contribution in [0.2, 0.25) is 0 Å². The lowest BCUT2D eigenvalue weighted by atomic mass is 10.4. The topological polar surface area (TPSA) is 60.9 Å². The molecule has 0 aromatic heterocycles. The number of sulfonamides is 1. The Morgan fingerprint density at radius 2 is 1.94 bits per heavy atom. The summed E-state index contributed by atoms with van der Waals surface area (Å²) >= 11 is 0. The summed E-state index contributed by atoms with van der Waals surface area (Å²) in [6.45, 7) is 4.64. The molecule has 1 heterocycles. The van der Waals surface area contributed by atoms with Crippen molar-refractivity contribution in [2.45, 2.75) is 25.0 Å². The largest absolute Gasteiger partial charge is 0.395 e. The molecule has 0 radical (unpaired) electrons. The Labute approximate surface area is 98.1 Å². The second-order valence-corrected chi connectivity index (χ2v) is 6.87. The standard InChI is InChI=1S/C10H22N2O3S/c1-10(9-13)16(14,15)11(2)7-8-12-5-3-4-6-12/h10,13H,3-9H2,1-2H3. The fourth-order valence-electron chi connectivity index (χ4n) is 1.82. The second-order valence-electron chi connectivity index (χ2n) is 4.41. The molecule has 1 rings (SSSR count). The molecule has 6 heteroatoms. The van der Waals surface area contributed by atoms with Crippen molar-refractivity contribution in [1.82, 2.24) is 9.21 Å². The highest BCUT2D eigenvalue weighted by Crippen LogP contribution is 2.09. The van der Waals surface area contributed by atoms with E-state index in [0.29, 0.717) is 6.54 Å². The smallest absolute Gasteiger partial charge is 0.218 e. The molecule has 16 heavy (non-hydrogen) atoms. The van der Waals surface area contributed by atoms with Crippen molar-refractivity contribution in [3.05, 3.63) is 0 Å². The molecule has 0 aromatic rings. The molecule has 1 saturated heterocycles. The molecular weight excluding hydrogens is 228 g/mol. The Kier molecular flexibility index (Phi) is 5.17.